The Balaban J connectivity index is 2.06. The van der Waals surface area contributed by atoms with Crippen LogP contribution in [0.5, 0.6) is 0 Å². The summed E-state index contributed by atoms with van der Waals surface area (Å²) in [5.41, 5.74) is 2.81. The van der Waals surface area contributed by atoms with Crippen LogP contribution in [0.25, 0.3) is 0 Å². The van der Waals surface area contributed by atoms with Crippen LogP contribution in [0.1, 0.15) is 32.0 Å². The molecule has 0 aliphatic rings. The molecule has 5 nitrogen and oxygen atoms in total. The van der Waals surface area contributed by atoms with Gasteiger partial charge in [-0.15, -0.1) is 0 Å². The van der Waals surface area contributed by atoms with Crippen LogP contribution in [0.4, 0.5) is 16.3 Å². The second-order valence-corrected chi connectivity index (χ2v) is 6.23. The quantitative estimate of drug-likeness (QED) is 0.885. The number of benzene rings is 1. The van der Waals surface area contributed by atoms with Gasteiger partial charge in [0.05, 0.1) is 5.69 Å². The van der Waals surface area contributed by atoms with Crippen molar-refractivity contribution in [1.29, 1.82) is 0 Å². The van der Waals surface area contributed by atoms with E-state index in [2.05, 4.69) is 36.5 Å². The number of aryl methyl sites for hydroxylation is 2. The molecule has 5 heteroatoms. The van der Waals surface area contributed by atoms with E-state index in [1.54, 1.807) is 4.68 Å². The van der Waals surface area contributed by atoms with Gasteiger partial charge < -0.3 is 5.32 Å². The first-order chi connectivity index (χ1) is 9.75. The molecule has 1 aromatic carbocycles. The smallest absolute Gasteiger partial charge is 0.308 e. The number of amides is 2. The van der Waals surface area contributed by atoms with Gasteiger partial charge in [0.25, 0.3) is 0 Å². The molecule has 21 heavy (non-hydrogen) atoms. The zero-order valence-electron chi connectivity index (χ0n) is 13.2. The lowest BCUT2D eigenvalue weighted by Gasteiger charge is -2.13. The fourth-order valence-corrected chi connectivity index (χ4v) is 1.87. The van der Waals surface area contributed by atoms with E-state index >= 15 is 0 Å². The standard InChI is InChI=1S/C16H22N4O/c1-11-6-8-12(9-7-11)17-15(21)18-14-10-13(16(2,3)4)19-20(14)5/h6-10H,1-5H3,(H2,17,18,21). The van der Waals surface area contributed by atoms with Crippen LogP contribution in [0.3, 0.4) is 0 Å². The molecule has 2 amide bonds. The van der Waals surface area contributed by atoms with E-state index in [-0.39, 0.29) is 11.4 Å². The van der Waals surface area contributed by atoms with Crippen LogP contribution in [0.15, 0.2) is 30.3 Å². The third kappa shape index (κ3) is 3.84. The predicted molar refractivity (Wildman–Crippen MR) is 85.7 cm³/mol. The third-order valence-electron chi connectivity index (χ3n) is 3.20. The average molecular weight is 286 g/mol. The van der Waals surface area contributed by atoms with Gasteiger partial charge >= 0.3 is 6.03 Å². The average Bonchev–Trinajstić information content (AvgIpc) is 2.74. The van der Waals surface area contributed by atoms with Crippen molar-refractivity contribution < 1.29 is 4.79 Å². The van der Waals surface area contributed by atoms with Crippen LogP contribution in [0.2, 0.25) is 0 Å². The maximum Gasteiger partial charge on any atom is 0.324 e. The first-order valence-corrected chi connectivity index (χ1v) is 6.95. The van der Waals surface area contributed by atoms with Crippen molar-refractivity contribution in [1.82, 2.24) is 9.78 Å². The van der Waals surface area contributed by atoms with Gasteiger partial charge in [-0.1, -0.05) is 38.5 Å². The highest BCUT2D eigenvalue weighted by Crippen LogP contribution is 2.23. The monoisotopic (exact) mass is 286 g/mol. The van der Waals surface area contributed by atoms with Gasteiger partial charge in [-0.05, 0) is 19.1 Å². The van der Waals surface area contributed by atoms with E-state index in [0.717, 1.165) is 16.9 Å². The number of hydrogen-bond donors (Lipinski definition) is 2. The third-order valence-corrected chi connectivity index (χ3v) is 3.20. The molecule has 0 aliphatic heterocycles. The lowest BCUT2D eigenvalue weighted by Crippen LogP contribution is -2.20. The Bertz CT molecular complexity index is 635. The van der Waals surface area contributed by atoms with E-state index in [9.17, 15) is 4.79 Å². The lowest BCUT2D eigenvalue weighted by atomic mass is 9.92. The number of nitrogens with one attached hydrogen (secondary N) is 2. The zero-order valence-corrected chi connectivity index (χ0v) is 13.2. The Morgan fingerprint density at radius 2 is 1.76 bits per heavy atom. The molecule has 1 heterocycles. The number of aromatic nitrogens is 2. The van der Waals surface area contributed by atoms with Crippen molar-refractivity contribution in [2.24, 2.45) is 7.05 Å². The van der Waals surface area contributed by atoms with Crippen molar-refractivity contribution in [2.75, 3.05) is 10.6 Å². The molecule has 1 aromatic heterocycles. The summed E-state index contributed by atoms with van der Waals surface area (Å²) >= 11 is 0. The fraction of sp³-hybridized carbons (Fsp3) is 0.375. The van der Waals surface area contributed by atoms with E-state index < -0.39 is 0 Å². The molecule has 0 saturated carbocycles. The van der Waals surface area contributed by atoms with Crippen LogP contribution in [0, 0.1) is 6.92 Å². The second-order valence-electron chi connectivity index (χ2n) is 6.23. The largest absolute Gasteiger partial charge is 0.324 e. The molecule has 2 N–H and O–H groups in total. The predicted octanol–water partition coefficient (Wildman–Crippen LogP) is 3.67. The number of nitrogens with zero attached hydrogens (tertiary/aromatic N) is 2. The van der Waals surface area contributed by atoms with Gasteiger partial charge in [-0.25, -0.2) is 4.79 Å². The Labute approximate surface area is 125 Å². The second kappa shape index (κ2) is 5.60. The molecule has 2 aromatic rings. The van der Waals surface area contributed by atoms with Gasteiger partial charge in [-0.2, -0.15) is 5.10 Å². The molecule has 0 radical (unpaired) electrons. The number of anilines is 2. The topological polar surface area (TPSA) is 59.0 Å². The number of carbonyl (C=O) groups excluding carboxylic acids is 1. The number of urea groups is 1. The molecule has 2 rings (SSSR count). The summed E-state index contributed by atoms with van der Waals surface area (Å²) in [5.74, 6) is 0.671. The van der Waals surface area contributed by atoms with E-state index in [0.29, 0.717) is 5.82 Å². The molecule has 0 aliphatic carbocycles. The summed E-state index contributed by atoms with van der Waals surface area (Å²) in [5, 5.41) is 10.0. The van der Waals surface area contributed by atoms with Gasteiger partial charge in [0.1, 0.15) is 5.82 Å². The highest BCUT2D eigenvalue weighted by Gasteiger charge is 2.19. The first-order valence-electron chi connectivity index (χ1n) is 6.95. The summed E-state index contributed by atoms with van der Waals surface area (Å²) in [6, 6.07) is 9.28. The minimum atomic E-state index is -0.276. The lowest BCUT2D eigenvalue weighted by molar-refractivity contribution is 0.262. The van der Waals surface area contributed by atoms with Crippen molar-refractivity contribution in [3.8, 4) is 0 Å². The van der Waals surface area contributed by atoms with Crippen LogP contribution in [-0.4, -0.2) is 15.8 Å². The summed E-state index contributed by atoms with van der Waals surface area (Å²) in [6.45, 7) is 8.27. The van der Waals surface area contributed by atoms with Gasteiger partial charge in [0, 0.05) is 24.2 Å². The summed E-state index contributed by atoms with van der Waals surface area (Å²) in [4.78, 5) is 12.0. The summed E-state index contributed by atoms with van der Waals surface area (Å²) < 4.78 is 1.68. The molecule has 0 unspecified atom stereocenters. The van der Waals surface area contributed by atoms with Crippen molar-refractivity contribution in [3.05, 3.63) is 41.6 Å². The number of carbonyl (C=O) groups is 1. The van der Waals surface area contributed by atoms with Gasteiger partial charge in [0.2, 0.25) is 0 Å². The summed E-state index contributed by atoms with van der Waals surface area (Å²) in [7, 11) is 1.82. The van der Waals surface area contributed by atoms with E-state index in [4.69, 9.17) is 0 Å². The normalized spacial score (nSPS) is 11.3. The van der Waals surface area contributed by atoms with Crippen LogP contribution in [-0.2, 0) is 12.5 Å². The molecule has 0 saturated heterocycles. The van der Waals surface area contributed by atoms with Crippen LogP contribution >= 0.6 is 0 Å². The van der Waals surface area contributed by atoms with Crippen molar-refractivity contribution in [3.63, 3.8) is 0 Å². The molecule has 0 bridgehead atoms. The van der Waals surface area contributed by atoms with E-state index in [1.165, 1.54) is 0 Å². The maximum atomic E-state index is 12.0. The minimum absolute atomic E-state index is 0.0505. The van der Waals surface area contributed by atoms with Crippen molar-refractivity contribution in [2.45, 2.75) is 33.1 Å². The molecule has 112 valence electrons. The number of hydrogen-bond acceptors (Lipinski definition) is 2. The highest BCUT2D eigenvalue weighted by atomic mass is 16.2. The molecule has 0 spiro atoms. The van der Waals surface area contributed by atoms with Crippen LogP contribution < -0.4 is 10.6 Å². The SMILES string of the molecule is Cc1ccc(NC(=O)Nc2cc(C(C)(C)C)nn2C)cc1. The van der Waals surface area contributed by atoms with E-state index in [1.807, 2.05) is 44.3 Å². The zero-order chi connectivity index (χ0) is 15.6. The Morgan fingerprint density at radius 1 is 1.14 bits per heavy atom. The molecular weight excluding hydrogens is 264 g/mol. The first kappa shape index (κ1) is 15.1. The molecule has 0 fully saturated rings. The van der Waals surface area contributed by atoms with Gasteiger partial charge in [0.15, 0.2) is 0 Å². The molecule has 0 atom stereocenters. The Kier molecular flexibility index (Phi) is 4.02. The maximum absolute atomic E-state index is 12.0. The van der Waals surface area contributed by atoms with Crippen molar-refractivity contribution >= 4 is 17.5 Å². The Hall–Kier alpha value is -2.30. The van der Waals surface area contributed by atoms with Gasteiger partial charge in [-0.3, -0.25) is 10.00 Å². The number of rotatable bonds is 2. The summed E-state index contributed by atoms with van der Waals surface area (Å²) in [6.07, 6.45) is 0. The highest BCUT2D eigenvalue weighted by molar-refractivity contribution is 5.99. The fourth-order valence-electron chi connectivity index (χ4n) is 1.87. The Morgan fingerprint density at radius 3 is 2.29 bits per heavy atom. The minimum Gasteiger partial charge on any atom is -0.308 e. The molecular formula is C16H22N4O.